The normalized spacial score (nSPS) is 39.1. The number of piperazine rings is 1. The highest BCUT2D eigenvalue weighted by Gasteiger charge is 2.52. The minimum Gasteiger partial charge on any atom is -0.459 e. The molecule has 4 fully saturated rings. The van der Waals surface area contributed by atoms with E-state index in [1.54, 1.807) is 52.6 Å². The summed E-state index contributed by atoms with van der Waals surface area (Å²) < 4.78 is 61.1. The zero-order valence-corrected chi connectivity index (χ0v) is 47.4. The highest BCUT2D eigenvalue weighted by atomic mass is 19.1. The van der Waals surface area contributed by atoms with Crippen molar-refractivity contribution in [2.24, 2.45) is 17.8 Å². The lowest BCUT2D eigenvalue weighted by Gasteiger charge is -2.48. The summed E-state index contributed by atoms with van der Waals surface area (Å²) in [5.74, 6) is -2.55. The molecule has 5 heterocycles. The molecule has 4 aliphatic heterocycles. The molecule has 0 amide bonds. The Kier molecular flexibility index (Phi) is 21.5. The number of carbonyl (C=O) groups excluding carboxylic acids is 1. The zero-order valence-electron chi connectivity index (χ0n) is 47.4. The highest BCUT2D eigenvalue weighted by Crippen LogP contribution is 2.41. The summed E-state index contributed by atoms with van der Waals surface area (Å²) >= 11 is 0. The maximum Gasteiger partial charge on any atom is 0.311 e. The number of aliphatic hydroxyl groups is 4. The second-order valence-electron chi connectivity index (χ2n) is 23.2. The minimum absolute atomic E-state index is 0.00702. The molecule has 19 atom stereocenters. The molecule has 428 valence electrons. The van der Waals surface area contributed by atoms with Gasteiger partial charge in [-0.05, 0) is 105 Å². The van der Waals surface area contributed by atoms with Gasteiger partial charge in [-0.15, -0.1) is 5.10 Å². The molecule has 1 aromatic carbocycles. The van der Waals surface area contributed by atoms with E-state index >= 15 is 0 Å². The Morgan fingerprint density at radius 2 is 1.63 bits per heavy atom. The van der Waals surface area contributed by atoms with Crippen molar-refractivity contribution in [2.45, 2.75) is 204 Å². The van der Waals surface area contributed by atoms with Crippen molar-refractivity contribution in [2.75, 3.05) is 79.2 Å². The van der Waals surface area contributed by atoms with Crippen LogP contribution in [-0.4, -0.2) is 210 Å². The molecule has 4 saturated heterocycles. The Bertz CT molecular complexity index is 2070. The fraction of sp³-hybridized carbons (Fsp3) is 0.836. The van der Waals surface area contributed by atoms with Crippen LogP contribution in [0.2, 0.25) is 0 Å². The molecule has 0 radical (unpaired) electrons. The van der Waals surface area contributed by atoms with Crippen molar-refractivity contribution in [3.63, 3.8) is 0 Å². The second-order valence-corrected chi connectivity index (χ2v) is 23.2. The summed E-state index contributed by atoms with van der Waals surface area (Å²) in [6.07, 6.45) is -4.43. The predicted octanol–water partition coefficient (Wildman–Crippen LogP) is 4.44. The Morgan fingerprint density at radius 3 is 2.25 bits per heavy atom. The summed E-state index contributed by atoms with van der Waals surface area (Å²) in [6.45, 7) is 22.0. The number of nitrogens with zero attached hydrogens (tertiary/aromatic N) is 6. The number of methoxy groups -OCH3 is 2. The second kappa shape index (κ2) is 26.3. The van der Waals surface area contributed by atoms with Gasteiger partial charge < -0.3 is 73.6 Å². The number of alkyl halides is 1. The van der Waals surface area contributed by atoms with E-state index in [-0.39, 0.29) is 37.3 Å². The first kappa shape index (κ1) is 61.3. The molecule has 19 nitrogen and oxygen atoms in total. The van der Waals surface area contributed by atoms with Crippen LogP contribution in [0.1, 0.15) is 125 Å². The summed E-state index contributed by atoms with van der Waals surface area (Å²) in [5.41, 5.74) is -1.70. The number of halogens is 1. The van der Waals surface area contributed by atoms with Crippen molar-refractivity contribution in [3.8, 4) is 0 Å². The molecule has 0 spiro atoms. The maximum absolute atomic E-state index is 14.9. The Morgan fingerprint density at radius 1 is 0.947 bits per heavy atom. The molecule has 20 heteroatoms. The SMILES string of the molecule is CC[C@H]1OC(=O)[C@H](C)[C@@H](O[C@H]2C[C@@](C)(OC)[C@@H](O)[C@H](C)O2)[C@H](C)[C@@H](O[C@H]2C[C@@H](N(C)CCc3cn([C@H](CF)[C@H](OC)c4ccc(N5CCNCC5)cc4)nn3)C[C@@H](C)O2)[C@](C)(O)C[C@@H](C)CN(C)[C@H](C)[C@@H](O)[C@]1(C)O. The van der Waals surface area contributed by atoms with Gasteiger partial charge in [-0.1, -0.05) is 38.1 Å². The molecule has 1 aromatic heterocycles. The number of anilines is 1. The van der Waals surface area contributed by atoms with Crippen LogP contribution < -0.4 is 10.2 Å². The smallest absolute Gasteiger partial charge is 0.311 e. The summed E-state index contributed by atoms with van der Waals surface area (Å²) in [7, 11) is 7.02. The first-order valence-corrected chi connectivity index (χ1v) is 27.5. The van der Waals surface area contributed by atoms with E-state index in [0.29, 0.717) is 38.0 Å². The van der Waals surface area contributed by atoms with Crippen LogP contribution in [0.15, 0.2) is 30.5 Å². The van der Waals surface area contributed by atoms with Crippen LogP contribution in [0.25, 0.3) is 0 Å². The highest BCUT2D eigenvalue weighted by molar-refractivity contribution is 5.73. The Hall–Kier alpha value is -2.96. The molecule has 75 heavy (non-hydrogen) atoms. The standard InChI is InChI=1S/C55H94FN7O12/c1-15-44-55(10,68)49(64)37(6)61(12)31-33(2)28-53(8,67)51(35(4)47(36(5)52(66)73-44)74-46-29-54(9,70-14)50(65)38(7)72-46)75-45-27-42(26-34(3)71-45)60(11)23-20-40-32-63(59-58-40)43(30-56)48(69-13)39-16-18-41(19-17-39)62-24-21-57-22-25-62/h16-19,32-38,42-51,57,64-65,67-68H,15,20-31H2,1-14H3/t33-,34-,35+,36-,37-,38+,42+,43-,44-,45+,46+,47+,48-,49-,50+,51-,53-,54-,55-/m1/s1. The van der Waals surface area contributed by atoms with Crippen LogP contribution in [0.4, 0.5) is 10.1 Å². The third-order valence-corrected chi connectivity index (χ3v) is 17.1. The van der Waals surface area contributed by atoms with Crippen LogP contribution in [0.5, 0.6) is 0 Å². The van der Waals surface area contributed by atoms with Crippen molar-refractivity contribution in [3.05, 3.63) is 41.7 Å². The fourth-order valence-corrected chi connectivity index (χ4v) is 12.3. The van der Waals surface area contributed by atoms with Crippen molar-refractivity contribution < 1.29 is 62.8 Å². The van der Waals surface area contributed by atoms with Gasteiger partial charge in [-0.2, -0.15) is 0 Å². The van der Waals surface area contributed by atoms with Gasteiger partial charge in [0, 0.05) is 103 Å². The molecule has 0 aliphatic carbocycles. The monoisotopic (exact) mass is 1060 g/mol. The predicted molar refractivity (Wildman–Crippen MR) is 282 cm³/mol. The third kappa shape index (κ3) is 14.6. The molecule has 5 N–H and O–H groups in total. The molecule has 6 rings (SSSR count). The van der Waals surface area contributed by atoms with E-state index < -0.39 is 109 Å². The van der Waals surface area contributed by atoms with Gasteiger partial charge >= 0.3 is 5.97 Å². The third-order valence-electron chi connectivity index (χ3n) is 17.1. The van der Waals surface area contributed by atoms with Gasteiger partial charge in [0.05, 0.1) is 47.2 Å². The number of cyclic esters (lactones) is 1. The lowest BCUT2D eigenvalue weighted by Crippen LogP contribution is -2.59. The Labute approximate surface area is 446 Å². The van der Waals surface area contributed by atoms with Gasteiger partial charge in [0.2, 0.25) is 0 Å². The molecule has 0 saturated carbocycles. The van der Waals surface area contributed by atoms with E-state index in [2.05, 4.69) is 37.6 Å². The number of aromatic nitrogens is 3. The first-order chi connectivity index (χ1) is 35.4. The molecule has 2 aromatic rings. The molecule has 0 unspecified atom stereocenters. The van der Waals surface area contributed by atoms with Crippen LogP contribution >= 0.6 is 0 Å². The summed E-state index contributed by atoms with van der Waals surface area (Å²) in [6, 6.07) is 6.85. The topological polar surface area (TPSA) is 215 Å². The summed E-state index contributed by atoms with van der Waals surface area (Å²) in [5, 5.41) is 59.8. The zero-order chi connectivity index (χ0) is 55.2. The number of aliphatic hydroxyl groups excluding tert-OH is 2. The fourth-order valence-electron chi connectivity index (χ4n) is 12.3. The number of benzene rings is 1. The van der Waals surface area contributed by atoms with E-state index in [1.165, 1.54) is 14.0 Å². The van der Waals surface area contributed by atoms with Crippen molar-refractivity contribution >= 4 is 11.7 Å². The van der Waals surface area contributed by atoms with Crippen LogP contribution in [-0.2, 0) is 44.4 Å². The van der Waals surface area contributed by atoms with E-state index in [9.17, 15) is 29.6 Å². The molecular weight excluding hydrogens is 970 g/mol. The van der Waals surface area contributed by atoms with Crippen molar-refractivity contribution in [1.82, 2.24) is 30.1 Å². The van der Waals surface area contributed by atoms with E-state index in [4.69, 9.17) is 33.2 Å². The van der Waals surface area contributed by atoms with Gasteiger partial charge in [-0.3, -0.25) is 4.79 Å². The molecule has 0 bridgehead atoms. The number of rotatable bonds is 16. The molecular formula is C55H94FN7O12. The molecule has 4 aliphatic rings. The van der Waals surface area contributed by atoms with Gasteiger partial charge in [0.25, 0.3) is 0 Å². The van der Waals surface area contributed by atoms with Gasteiger partial charge in [-0.25, -0.2) is 9.07 Å². The number of nitrogens with one attached hydrogen (secondary N) is 1. The number of esters is 1. The quantitative estimate of drug-likeness (QED) is 0.147. The van der Waals surface area contributed by atoms with Crippen LogP contribution in [0, 0.1) is 17.8 Å². The number of ether oxygens (including phenoxy) is 7. The number of hydrogen-bond acceptors (Lipinski definition) is 18. The van der Waals surface area contributed by atoms with Crippen molar-refractivity contribution in [1.29, 1.82) is 0 Å². The van der Waals surface area contributed by atoms with Crippen LogP contribution in [0.3, 0.4) is 0 Å². The van der Waals surface area contributed by atoms with Gasteiger partial charge in [0.1, 0.15) is 42.7 Å². The Balaban J connectivity index is 1.22. The van der Waals surface area contributed by atoms with Gasteiger partial charge in [0.15, 0.2) is 12.6 Å². The van der Waals surface area contributed by atoms with E-state index in [0.717, 1.165) is 37.4 Å². The number of carbonyl (C=O) groups is 1. The minimum atomic E-state index is -1.82. The number of likely N-dealkylation sites (N-methyl/N-ethyl adjacent to an activating group) is 2. The lowest BCUT2D eigenvalue weighted by molar-refractivity contribution is -0.308. The average Bonchev–Trinajstić information content (AvgIpc) is 3.86. The largest absolute Gasteiger partial charge is 0.459 e. The number of hydrogen-bond donors (Lipinski definition) is 5. The lowest BCUT2D eigenvalue weighted by atomic mass is 9.77. The first-order valence-electron chi connectivity index (χ1n) is 27.5. The maximum atomic E-state index is 14.9. The van der Waals surface area contributed by atoms with E-state index in [1.807, 2.05) is 58.8 Å². The summed E-state index contributed by atoms with van der Waals surface area (Å²) in [4.78, 5) is 21.0. The average molecular weight is 1060 g/mol.